The summed E-state index contributed by atoms with van der Waals surface area (Å²) in [7, 11) is 1.86. The Morgan fingerprint density at radius 2 is 1.96 bits per heavy atom. The molecular weight excluding hydrogens is 306 g/mol. The molecule has 1 aliphatic carbocycles. The van der Waals surface area contributed by atoms with Crippen LogP contribution in [0.15, 0.2) is 18.2 Å². The number of fused-ring (bicyclic) bond motifs is 1. The molecule has 0 spiro atoms. The largest absolute Gasteiger partial charge is 0.479 e. The van der Waals surface area contributed by atoms with Crippen molar-refractivity contribution in [2.45, 2.75) is 57.6 Å². The van der Waals surface area contributed by atoms with Crippen molar-refractivity contribution in [3.8, 4) is 5.75 Å². The van der Waals surface area contributed by atoms with Gasteiger partial charge in [0.25, 0.3) is 5.91 Å². The van der Waals surface area contributed by atoms with Crippen LogP contribution in [0.1, 0.15) is 45.4 Å². The molecular formula is C18H25N3O3. The standard InChI is InChI=1S/C18H25N3O3/c1-12-17(22)20-15-11-13(9-10-16(15)24-12)19-18(23)21(2)14-7-5-3-4-6-8-14/h9-12,14H,3-8H2,1-2H3,(H,19,23)(H,20,22)/t12-/m1/s1. The highest BCUT2D eigenvalue weighted by Crippen LogP contribution is 2.32. The molecule has 0 saturated heterocycles. The quantitative estimate of drug-likeness (QED) is 0.814. The van der Waals surface area contributed by atoms with Gasteiger partial charge < -0.3 is 20.3 Å². The maximum absolute atomic E-state index is 12.5. The van der Waals surface area contributed by atoms with Crippen LogP contribution < -0.4 is 15.4 Å². The highest BCUT2D eigenvalue weighted by Gasteiger charge is 2.25. The summed E-state index contributed by atoms with van der Waals surface area (Å²) in [5, 5.41) is 5.71. The van der Waals surface area contributed by atoms with Gasteiger partial charge in [-0.1, -0.05) is 25.7 Å². The van der Waals surface area contributed by atoms with Crippen molar-refractivity contribution in [1.82, 2.24) is 4.90 Å². The summed E-state index contributed by atoms with van der Waals surface area (Å²) in [4.78, 5) is 26.0. The van der Waals surface area contributed by atoms with Crippen molar-refractivity contribution >= 4 is 23.3 Å². The van der Waals surface area contributed by atoms with Gasteiger partial charge in [-0.25, -0.2) is 4.79 Å². The molecule has 2 N–H and O–H groups in total. The van der Waals surface area contributed by atoms with Crippen LogP contribution in [0.5, 0.6) is 5.75 Å². The smallest absolute Gasteiger partial charge is 0.321 e. The minimum Gasteiger partial charge on any atom is -0.479 e. The third-order valence-corrected chi connectivity index (χ3v) is 4.85. The average molecular weight is 331 g/mol. The summed E-state index contributed by atoms with van der Waals surface area (Å²) in [5.74, 6) is 0.443. The molecule has 0 unspecified atom stereocenters. The molecule has 130 valence electrons. The fraction of sp³-hybridized carbons (Fsp3) is 0.556. The van der Waals surface area contributed by atoms with Crippen LogP contribution in [0.2, 0.25) is 0 Å². The Morgan fingerprint density at radius 1 is 1.25 bits per heavy atom. The third-order valence-electron chi connectivity index (χ3n) is 4.85. The Morgan fingerprint density at radius 3 is 2.67 bits per heavy atom. The number of rotatable bonds is 2. The van der Waals surface area contributed by atoms with E-state index in [0.29, 0.717) is 23.2 Å². The van der Waals surface area contributed by atoms with Crippen molar-refractivity contribution < 1.29 is 14.3 Å². The Hall–Kier alpha value is -2.24. The van der Waals surface area contributed by atoms with Gasteiger partial charge in [-0.15, -0.1) is 0 Å². The molecule has 0 radical (unpaired) electrons. The van der Waals surface area contributed by atoms with Gasteiger partial charge >= 0.3 is 6.03 Å². The summed E-state index contributed by atoms with van der Waals surface area (Å²) in [6.45, 7) is 1.70. The highest BCUT2D eigenvalue weighted by atomic mass is 16.5. The first-order chi connectivity index (χ1) is 11.5. The molecule has 0 bridgehead atoms. The molecule has 1 heterocycles. The van der Waals surface area contributed by atoms with Crippen LogP contribution in [0.25, 0.3) is 0 Å². The first kappa shape index (κ1) is 16.6. The van der Waals surface area contributed by atoms with E-state index in [0.717, 1.165) is 12.8 Å². The molecule has 3 rings (SSSR count). The minimum absolute atomic E-state index is 0.113. The van der Waals surface area contributed by atoms with E-state index >= 15 is 0 Å². The lowest BCUT2D eigenvalue weighted by Gasteiger charge is -2.28. The number of nitrogens with zero attached hydrogens (tertiary/aromatic N) is 1. The first-order valence-electron chi connectivity index (χ1n) is 8.70. The molecule has 1 aliphatic heterocycles. The van der Waals surface area contributed by atoms with E-state index < -0.39 is 6.10 Å². The summed E-state index contributed by atoms with van der Waals surface area (Å²) >= 11 is 0. The van der Waals surface area contributed by atoms with Gasteiger partial charge in [0.05, 0.1) is 5.69 Å². The van der Waals surface area contributed by atoms with Crippen LogP contribution in [0.3, 0.4) is 0 Å². The van der Waals surface area contributed by atoms with Crippen molar-refractivity contribution in [3.63, 3.8) is 0 Å². The van der Waals surface area contributed by atoms with Gasteiger partial charge in [-0.05, 0) is 38.0 Å². The molecule has 3 amide bonds. The second-order valence-corrected chi connectivity index (χ2v) is 6.65. The van der Waals surface area contributed by atoms with Crippen molar-refractivity contribution in [2.75, 3.05) is 17.7 Å². The fourth-order valence-corrected chi connectivity index (χ4v) is 3.31. The number of carbonyl (C=O) groups excluding carboxylic acids is 2. The lowest BCUT2D eigenvalue weighted by molar-refractivity contribution is -0.122. The Bertz CT molecular complexity index is 624. The number of amides is 3. The van der Waals surface area contributed by atoms with Crippen LogP contribution in [0, 0.1) is 0 Å². The van der Waals surface area contributed by atoms with Crippen LogP contribution in [-0.4, -0.2) is 36.0 Å². The number of benzene rings is 1. The maximum atomic E-state index is 12.5. The molecule has 1 aromatic carbocycles. The van der Waals surface area contributed by atoms with Gasteiger partial charge in [0.2, 0.25) is 0 Å². The average Bonchev–Trinajstić information content (AvgIpc) is 2.84. The van der Waals surface area contributed by atoms with Crippen LogP contribution >= 0.6 is 0 Å². The zero-order chi connectivity index (χ0) is 17.1. The molecule has 0 aromatic heterocycles. The molecule has 1 atom stereocenters. The predicted molar refractivity (Wildman–Crippen MR) is 93.4 cm³/mol. The molecule has 1 fully saturated rings. The zero-order valence-electron chi connectivity index (χ0n) is 14.3. The van der Waals surface area contributed by atoms with E-state index in [9.17, 15) is 9.59 Å². The SMILES string of the molecule is C[C@H]1Oc2ccc(NC(=O)N(C)C3CCCCCC3)cc2NC1=O. The van der Waals surface area contributed by atoms with Gasteiger partial charge in [0, 0.05) is 18.8 Å². The second kappa shape index (κ2) is 7.11. The van der Waals surface area contributed by atoms with Crippen LogP contribution in [0.4, 0.5) is 16.2 Å². The van der Waals surface area contributed by atoms with E-state index in [1.54, 1.807) is 25.1 Å². The third kappa shape index (κ3) is 3.63. The number of hydrogen-bond acceptors (Lipinski definition) is 3. The van der Waals surface area contributed by atoms with E-state index in [4.69, 9.17) is 4.74 Å². The normalized spacial score (nSPS) is 21.1. The Labute approximate surface area is 142 Å². The van der Waals surface area contributed by atoms with Crippen molar-refractivity contribution in [2.24, 2.45) is 0 Å². The van der Waals surface area contributed by atoms with Crippen molar-refractivity contribution in [1.29, 1.82) is 0 Å². The Balaban J connectivity index is 1.66. The van der Waals surface area contributed by atoms with Gasteiger partial charge in [0.15, 0.2) is 6.10 Å². The van der Waals surface area contributed by atoms with Crippen molar-refractivity contribution in [3.05, 3.63) is 18.2 Å². The molecule has 1 aromatic rings. The summed E-state index contributed by atoms with van der Waals surface area (Å²) in [6, 6.07) is 5.49. The highest BCUT2D eigenvalue weighted by molar-refractivity contribution is 5.99. The maximum Gasteiger partial charge on any atom is 0.321 e. The lowest BCUT2D eigenvalue weighted by atomic mass is 10.1. The number of urea groups is 1. The summed E-state index contributed by atoms with van der Waals surface area (Å²) in [6.07, 6.45) is 6.51. The van der Waals surface area contributed by atoms with E-state index in [1.807, 2.05) is 11.9 Å². The van der Waals surface area contributed by atoms with Gasteiger partial charge in [-0.2, -0.15) is 0 Å². The summed E-state index contributed by atoms with van der Waals surface area (Å²) < 4.78 is 5.53. The minimum atomic E-state index is -0.501. The van der Waals surface area contributed by atoms with E-state index in [2.05, 4.69) is 10.6 Å². The molecule has 24 heavy (non-hydrogen) atoms. The summed E-state index contributed by atoms with van der Waals surface area (Å²) in [5.41, 5.74) is 1.24. The molecule has 2 aliphatic rings. The topological polar surface area (TPSA) is 70.7 Å². The van der Waals surface area contributed by atoms with E-state index in [-0.39, 0.29) is 11.9 Å². The number of nitrogens with one attached hydrogen (secondary N) is 2. The Kier molecular flexibility index (Phi) is 4.92. The number of hydrogen-bond donors (Lipinski definition) is 2. The zero-order valence-corrected chi connectivity index (χ0v) is 14.3. The number of carbonyl (C=O) groups is 2. The lowest BCUT2D eigenvalue weighted by Crippen LogP contribution is -2.39. The monoisotopic (exact) mass is 331 g/mol. The predicted octanol–water partition coefficient (Wildman–Crippen LogP) is 3.59. The first-order valence-corrected chi connectivity index (χ1v) is 8.70. The van der Waals surface area contributed by atoms with Crippen LogP contribution in [-0.2, 0) is 4.79 Å². The fourth-order valence-electron chi connectivity index (χ4n) is 3.31. The number of ether oxygens (including phenoxy) is 1. The second-order valence-electron chi connectivity index (χ2n) is 6.65. The molecule has 6 nitrogen and oxygen atoms in total. The van der Waals surface area contributed by atoms with Gasteiger partial charge in [-0.3, -0.25) is 4.79 Å². The van der Waals surface area contributed by atoms with Gasteiger partial charge in [0.1, 0.15) is 5.75 Å². The molecule has 6 heteroatoms. The molecule has 1 saturated carbocycles. The number of anilines is 2. The van der Waals surface area contributed by atoms with E-state index in [1.165, 1.54) is 25.7 Å².